The van der Waals surface area contributed by atoms with Gasteiger partial charge in [0.2, 0.25) is 0 Å². The number of rotatable bonds is 10. The number of nitrogens with one attached hydrogen (secondary N) is 1. The highest BCUT2D eigenvalue weighted by atomic mass is 15.2. The maximum Gasteiger partial charge on any atom is 0.0459 e. The fourth-order valence-electron chi connectivity index (χ4n) is 1.74. The van der Waals surface area contributed by atoms with Crippen molar-refractivity contribution >= 4 is 0 Å². The third-order valence-electron chi connectivity index (χ3n) is 3.37. The molecule has 0 aliphatic heterocycles. The molecule has 0 rings (SSSR count). The Morgan fingerprint density at radius 1 is 1.17 bits per heavy atom. The average molecular weight is 250 g/mol. The topological polar surface area (TPSA) is 15.3 Å². The van der Waals surface area contributed by atoms with Gasteiger partial charge in [0, 0.05) is 31.0 Å². The first-order valence-electron chi connectivity index (χ1n) is 6.88. The Kier molecular flexibility index (Phi) is 8.27. The highest BCUT2D eigenvalue weighted by molar-refractivity contribution is 4.99. The van der Waals surface area contributed by atoms with Crippen molar-refractivity contribution in [3.63, 3.8) is 0 Å². The van der Waals surface area contributed by atoms with E-state index in [0.717, 1.165) is 37.9 Å². The van der Waals surface area contributed by atoms with Crippen LogP contribution in [0.5, 0.6) is 0 Å². The average Bonchev–Trinajstić information content (AvgIpc) is 2.36. The van der Waals surface area contributed by atoms with Crippen molar-refractivity contribution in [3.8, 4) is 0 Å². The van der Waals surface area contributed by atoms with Crippen LogP contribution >= 0.6 is 0 Å². The quantitative estimate of drug-likeness (QED) is 0.588. The molecular weight excluding hydrogens is 220 g/mol. The zero-order valence-corrected chi connectivity index (χ0v) is 12.7. The van der Waals surface area contributed by atoms with Crippen LogP contribution in [-0.2, 0) is 0 Å². The van der Waals surface area contributed by atoms with Crippen LogP contribution < -0.4 is 5.32 Å². The standard InChI is InChI=1S/C16H30N2/c1-8-14(5)17-12-16(11-10-13(3)4)18(7)15(6)9-2/h16-17H,3,5-6,8-12H2,1-2,4,7H3. The van der Waals surface area contributed by atoms with E-state index >= 15 is 0 Å². The molecule has 0 aliphatic carbocycles. The molecule has 0 saturated carbocycles. The lowest BCUT2D eigenvalue weighted by atomic mass is 10.1. The van der Waals surface area contributed by atoms with Crippen LogP contribution in [0.15, 0.2) is 36.7 Å². The Morgan fingerprint density at radius 3 is 2.22 bits per heavy atom. The van der Waals surface area contributed by atoms with Gasteiger partial charge in [0.15, 0.2) is 0 Å². The molecule has 0 heterocycles. The first-order valence-corrected chi connectivity index (χ1v) is 6.88. The Bertz CT molecular complexity index is 291. The molecule has 2 nitrogen and oxygen atoms in total. The van der Waals surface area contributed by atoms with Gasteiger partial charge in [-0.05, 0) is 32.6 Å². The Labute approximate surface area is 113 Å². The minimum absolute atomic E-state index is 0.456. The third-order valence-corrected chi connectivity index (χ3v) is 3.37. The minimum Gasteiger partial charge on any atom is -0.387 e. The number of hydrogen-bond acceptors (Lipinski definition) is 2. The van der Waals surface area contributed by atoms with E-state index in [-0.39, 0.29) is 0 Å². The van der Waals surface area contributed by atoms with Gasteiger partial charge in [-0.1, -0.05) is 32.6 Å². The van der Waals surface area contributed by atoms with Crippen LogP contribution in [-0.4, -0.2) is 24.5 Å². The normalized spacial score (nSPS) is 11.8. The predicted octanol–water partition coefficient (Wildman–Crippen LogP) is 4.08. The van der Waals surface area contributed by atoms with Crippen molar-refractivity contribution < 1.29 is 0 Å². The molecule has 18 heavy (non-hydrogen) atoms. The summed E-state index contributed by atoms with van der Waals surface area (Å²) < 4.78 is 0. The fraction of sp³-hybridized carbons (Fsp3) is 0.625. The van der Waals surface area contributed by atoms with Crippen LogP contribution in [0.1, 0.15) is 46.5 Å². The van der Waals surface area contributed by atoms with E-state index in [4.69, 9.17) is 0 Å². The molecule has 0 aromatic rings. The van der Waals surface area contributed by atoms with Gasteiger partial charge in [-0.15, -0.1) is 6.58 Å². The van der Waals surface area contributed by atoms with Gasteiger partial charge in [-0.25, -0.2) is 0 Å². The lowest BCUT2D eigenvalue weighted by Gasteiger charge is -2.32. The molecule has 0 spiro atoms. The zero-order chi connectivity index (χ0) is 14.1. The van der Waals surface area contributed by atoms with E-state index < -0.39 is 0 Å². The first-order chi connectivity index (χ1) is 8.42. The lowest BCUT2D eigenvalue weighted by molar-refractivity contribution is 0.277. The molecule has 1 atom stereocenters. The summed E-state index contributed by atoms with van der Waals surface area (Å²) in [6, 6.07) is 0.456. The molecule has 104 valence electrons. The highest BCUT2D eigenvalue weighted by Gasteiger charge is 2.15. The molecule has 0 amide bonds. The molecule has 0 fully saturated rings. The summed E-state index contributed by atoms with van der Waals surface area (Å²) in [6.07, 6.45) is 4.14. The van der Waals surface area contributed by atoms with Crippen LogP contribution in [0.2, 0.25) is 0 Å². The minimum atomic E-state index is 0.456. The second kappa shape index (κ2) is 8.84. The van der Waals surface area contributed by atoms with Gasteiger partial charge in [0.1, 0.15) is 0 Å². The van der Waals surface area contributed by atoms with E-state index in [2.05, 4.69) is 57.8 Å². The lowest BCUT2D eigenvalue weighted by Crippen LogP contribution is -2.39. The third kappa shape index (κ3) is 6.53. The van der Waals surface area contributed by atoms with E-state index in [1.54, 1.807) is 0 Å². The van der Waals surface area contributed by atoms with Gasteiger partial charge in [0.05, 0.1) is 0 Å². The summed E-state index contributed by atoms with van der Waals surface area (Å²) in [5, 5.41) is 3.41. The molecule has 2 heteroatoms. The van der Waals surface area contributed by atoms with Crippen LogP contribution in [0, 0.1) is 0 Å². The summed E-state index contributed by atoms with van der Waals surface area (Å²) in [7, 11) is 2.13. The maximum absolute atomic E-state index is 4.12. The van der Waals surface area contributed by atoms with E-state index in [9.17, 15) is 0 Å². The summed E-state index contributed by atoms with van der Waals surface area (Å²) in [4.78, 5) is 2.29. The predicted molar refractivity (Wildman–Crippen MR) is 82.5 cm³/mol. The van der Waals surface area contributed by atoms with E-state index in [1.165, 1.54) is 11.3 Å². The fourth-order valence-corrected chi connectivity index (χ4v) is 1.74. The highest BCUT2D eigenvalue weighted by Crippen LogP contribution is 2.15. The van der Waals surface area contributed by atoms with Gasteiger partial charge < -0.3 is 10.2 Å². The van der Waals surface area contributed by atoms with E-state index in [0.29, 0.717) is 6.04 Å². The molecule has 1 unspecified atom stereocenters. The van der Waals surface area contributed by atoms with Gasteiger partial charge in [-0.3, -0.25) is 0 Å². The van der Waals surface area contributed by atoms with Crippen molar-refractivity contribution in [1.82, 2.24) is 10.2 Å². The maximum atomic E-state index is 4.12. The summed E-state index contributed by atoms with van der Waals surface area (Å²) in [5.41, 5.74) is 3.53. The molecule has 0 bridgehead atoms. The number of hydrogen-bond donors (Lipinski definition) is 1. The second-order valence-corrected chi connectivity index (χ2v) is 5.02. The van der Waals surface area contributed by atoms with Crippen molar-refractivity contribution in [3.05, 3.63) is 36.7 Å². The molecule has 0 radical (unpaired) electrons. The summed E-state index contributed by atoms with van der Waals surface area (Å²) in [5.74, 6) is 0. The monoisotopic (exact) mass is 250 g/mol. The molecule has 0 aromatic carbocycles. The number of allylic oxidation sites excluding steroid dienone is 3. The Balaban J connectivity index is 4.45. The van der Waals surface area contributed by atoms with Crippen LogP contribution in [0.4, 0.5) is 0 Å². The number of likely N-dealkylation sites (N-methyl/N-ethyl adjacent to an activating group) is 1. The molecule has 0 saturated heterocycles. The summed E-state index contributed by atoms with van der Waals surface area (Å²) >= 11 is 0. The Hall–Kier alpha value is -1.18. The van der Waals surface area contributed by atoms with Gasteiger partial charge in [-0.2, -0.15) is 0 Å². The molecule has 0 aliphatic rings. The van der Waals surface area contributed by atoms with Crippen LogP contribution in [0.3, 0.4) is 0 Å². The second-order valence-electron chi connectivity index (χ2n) is 5.02. The first kappa shape index (κ1) is 16.8. The van der Waals surface area contributed by atoms with Gasteiger partial charge >= 0.3 is 0 Å². The zero-order valence-electron chi connectivity index (χ0n) is 12.7. The van der Waals surface area contributed by atoms with Crippen molar-refractivity contribution in [2.45, 2.75) is 52.5 Å². The summed E-state index contributed by atoms with van der Waals surface area (Å²) in [6.45, 7) is 19.4. The van der Waals surface area contributed by atoms with Crippen molar-refractivity contribution in [2.75, 3.05) is 13.6 Å². The van der Waals surface area contributed by atoms with Crippen LogP contribution in [0.25, 0.3) is 0 Å². The number of nitrogens with zero attached hydrogens (tertiary/aromatic N) is 1. The van der Waals surface area contributed by atoms with Gasteiger partial charge in [0.25, 0.3) is 0 Å². The molecule has 0 aromatic heterocycles. The molecule has 1 N–H and O–H groups in total. The molecular formula is C16H30N2. The van der Waals surface area contributed by atoms with E-state index in [1.807, 2.05) is 0 Å². The Morgan fingerprint density at radius 2 is 1.78 bits per heavy atom. The SMILES string of the molecule is C=C(C)CCC(CNC(=C)CC)N(C)C(=C)CC. The van der Waals surface area contributed by atoms with Crippen molar-refractivity contribution in [2.24, 2.45) is 0 Å². The van der Waals surface area contributed by atoms with Crippen molar-refractivity contribution in [1.29, 1.82) is 0 Å². The largest absolute Gasteiger partial charge is 0.387 e. The smallest absolute Gasteiger partial charge is 0.0459 e.